The van der Waals surface area contributed by atoms with E-state index in [0.29, 0.717) is 0 Å². The Morgan fingerprint density at radius 1 is 1.28 bits per heavy atom. The summed E-state index contributed by atoms with van der Waals surface area (Å²) < 4.78 is 0. The Hall–Kier alpha value is -2.57. The summed E-state index contributed by atoms with van der Waals surface area (Å²) in [6.45, 7) is 10.8. The highest BCUT2D eigenvalue weighted by molar-refractivity contribution is 6.07. The van der Waals surface area contributed by atoms with Gasteiger partial charge in [0.15, 0.2) is 5.96 Å². The average Bonchev–Trinajstić information content (AvgIpc) is 2.95. The molecule has 0 aliphatic carbocycles. The smallest absolute Gasteiger partial charge is 0.322 e. The molecule has 1 aromatic rings. The maximum atomic E-state index is 12.2. The van der Waals surface area contributed by atoms with Gasteiger partial charge < -0.3 is 15.5 Å². The van der Waals surface area contributed by atoms with Gasteiger partial charge in [-0.05, 0) is 43.7 Å². The van der Waals surface area contributed by atoms with Crippen molar-refractivity contribution in [3.8, 4) is 0 Å². The molecular formula is C22H33N5O2. The molecule has 3 rings (SSSR count). The zero-order valence-corrected chi connectivity index (χ0v) is 18.1. The van der Waals surface area contributed by atoms with Gasteiger partial charge in [0.25, 0.3) is 5.91 Å². The van der Waals surface area contributed by atoms with Crippen molar-refractivity contribution in [3.05, 3.63) is 35.4 Å². The Kier molecular flexibility index (Phi) is 5.87. The molecule has 7 nitrogen and oxygen atoms in total. The highest BCUT2D eigenvalue weighted by atomic mass is 16.2. The lowest BCUT2D eigenvalue weighted by atomic mass is 9.79. The summed E-state index contributed by atoms with van der Waals surface area (Å²) in [5.74, 6) is 0.783. The minimum Gasteiger partial charge on any atom is -0.355 e. The Bertz CT molecular complexity index is 811. The fourth-order valence-corrected chi connectivity index (χ4v) is 4.57. The van der Waals surface area contributed by atoms with Crippen molar-refractivity contribution < 1.29 is 9.59 Å². The zero-order chi connectivity index (χ0) is 21.2. The first-order chi connectivity index (χ1) is 13.7. The number of guanidine groups is 1. The third-order valence-corrected chi connectivity index (χ3v) is 6.46. The number of aliphatic imine (C=N–C) groups is 1. The molecule has 2 fully saturated rings. The Morgan fingerprint density at radius 2 is 1.93 bits per heavy atom. The SMILES string of the molecule is CN=C(NCC(C)(C)c1ccccc1C)N1CCC(C2(C)NC(=O)NC2=O)CC1. The number of rotatable bonds is 4. The van der Waals surface area contributed by atoms with E-state index in [1.165, 1.54) is 11.1 Å². The second-order valence-electron chi connectivity index (χ2n) is 8.97. The summed E-state index contributed by atoms with van der Waals surface area (Å²) in [7, 11) is 1.81. The van der Waals surface area contributed by atoms with Crippen molar-refractivity contribution >= 4 is 17.9 Å². The number of benzene rings is 1. The number of imide groups is 1. The van der Waals surface area contributed by atoms with Crippen LogP contribution in [0, 0.1) is 12.8 Å². The maximum Gasteiger partial charge on any atom is 0.322 e. The Morgan fingerprint density at radius 3 is 2.48 bits per heavy atom. The van der Waals surface area contributed by atoms with Gasteiger partial charge in [-0.25, -0.2) is 4.79 Å². The van der Waals surface area contributed by atoms with E-state index in [0.717, 1.165) is 38.4 Å². The predicted molar refractivity (Wildman–Crippen MR) is 115 cm³/mol. The number of hydrogen-bond acceptors (Lipinski definition) is 3. The maximum absolute atomic E-state index is 12.2. The number of urea groups is 1. The van der Waals surface area contributed by atoms with Gasteiger partial charge in [0.1, 0.15) is 5.54 Å². The van der Waals surface area contributed by atoms with Gasteiger partial charge in [-0.2, -0.15) is 0 Å². The predicted octanol–water partition coefficient (Wildman–Crippen LogP) is 2.16. The molecule has 2 heterocycles. The first kappa shape index (κ1) is 21.1. The minimum atomic E-state index is -0.813. The van der Waals surface area contributed by atoms with Crippen LogP contribution in [0.2, 0.25) is 0 Å². The van der Waals surface area contributed by atoms with Crippen molar-refractivity contribution in [1.82, 2.24) is 20.9 Å². The molecule has 158 valence electrons. The third kappa shape index (κ3) is 4.23. The average molecular weight is 400 g/mol. The molecular weight excluding hydrogens is 366 g/mol. The van der Waals surface area contributed by atoms with Crippen LogP contribution >= 0.6 is 0 Å². The lowest BCUT2D eigenvalue weighted by Gasteiger charge is -2.40. The Balaban J connectivity index is 1.59. The fraction of sp³-hybridized carbons (Fsp3) is 0.591. The number of carbonyl (C=O) groups excluding carboxylic acids is 2. The summed E-state index contributed by atoms with van der Waals surface area (Å²) in [4.78, 5) is 30.5. The molecule has 0 bridgehead atoms. The molecule has 2 saturated heterocycles. The van der Waals surface area contributed by atoms with Gasteiger partial charge in [-0.15, -0.1) is 0 Å². The standard InChI is InChI=1S/C22H33N5O2/c1-15-8-6-7-9-17(15)21(2,3)14-24-19(23-5)27-12-10-16(11-13-27)22(4)18(28)25-20(29)26-22/h6-9,16H,10-14H2,1-5H3,(H,23,24)(H2,25,26,28,29). The van der Waals surface area contributed by atoms with E-state index in [1.54, 1.807) is 7.05 Å². The van der Waals surface area contributed by atoms with E-state index in [2.05, 4.69) is 70.9 Å². The lowest BCUT2D eigenvalue weighted by molar-refractivity contribution is -0.125. The molecule has 0 saturated carbocycles. The van der Waals surface area contributed by atoms with E-state index in [-0.39, 0.29) is 17.2 Å². The highest BCUT2D eigenvalue weighted by Gasteiger charge is 2.48. The van der Waals surface area contributed by atoms with Gasteiger partial charge in [0, 0.05) is 32.1 Å². The van der Waals surface area contributed by atoms with Crippen molar-refractivity contribution in [1.29, 1.82) is 0 Å². The molecule has 2 aliphatic rings. The highest BCUT2D eigenvalue weighted by Crippen LogP contribution is 2.31. The van der Waals surface area contributed by atoms with Gasteiger partial charge in [-0.3, -0.25) is 15.1 Å². The minimum absolute atomic E-state index is 0.0285. The number of amides is 3. The number of carbonyl (C=O) groups is 2. The molecule has 7 heteroatoms. The fourth-order valence-electron chi connectivity index (χ4n) is 4.57. The zero-order valence-electron chi connectivity index (χ0n) is 18.1. The summed E-state index contributed by atoms with van der Waals surface area (Å²) >= 11 is 0. The van der Waals surface area contributed by atoms with E-state index in [9.17, 15) is 9.59 Å². The molecule has 3 N–H and O–H groups in total. The van der Waals surface area contributed by atoms with Crippen LogP contribution in [-0.2, 0) is 10.2 Å². The van der Waals surface area contributed by atoms with E-state index in [1.807, 2.05) is 6.92 Å². The van der Waals surface area contributed by atoms with Crippen molar-refractivity contribution in [2.24, 2.45) is 10.9 Å². The molecule has 1 aromatic carbocycles. The number of aryl methyl sites for hydroxylation is 1. The van der Waals surface area contributed by atoms with Crippen molar-refractivity contribution in [2.75, 3.05) is 26.7 Å². The van der Waals surface area contributed by atoms with Gasteiger partial charge in [-0.1, -0.05) is 38.1 Å². The van der Waals surface area contributed by atoms with E-state index >= 15 is 0 Å². The first-order valence-corrected chi connectivity index (χ1v) is 10.3. The normalized spacial score (nSPS) is 23.8. The Labute approximate surface area is 173 Å². The molecule has 1 atom stereocenters. The van der Waals surface area contributed by atoms with Crippen molar-refractivity contribution in [3.63, 3.8) is 0 Å². The van der Waals surface area contributed by atoms with Crippen LogP contribution in [0.15, 0.2) is 29.3 Å². The summed E-state index contributed by atoms with van der Waals surface area (Å²) in [5, 5.41) is 8.72. The van der Waals surface area contributed by atoms with E-state index < -0.39 is 11.6 Å². The third-order valence-electron chi connectivity index (χ3n) is 6.46. The van der Waals surface area contributed by atoms with Gasteiger partial charge in [0.05, 0.1) is 0 Å². The van der Waals surface area contributed by atoms with Crippen molar-refractivity contribution in [2.45, 2.75) is 51.5 Å². The second-order valence-corrected chi connectivity index (χ2v) is 8.97. The molecule has 2 aliphatic heterocycles. The quantitative estimate of drug-likeness (QED) is 0.411. The van der Waals surface area contributed by atoms with Crippen LogP contribution in [0.4, 0.5) is 4.79 Å². The molecule has 29 heavy (non-hydrogen) atoms. The molecule has 0 spiro atoms. The first-order valence-electron chi connectivity index (χ1n) is 10.3. The molecule has 3 amide bonds. The topological polar surface area (TPSA) is 85.8 Å². The summed E-state index contributed by atoms with van der Waals surface area (Å²) in [6, 6.07) is 8.10. The monoisotopic (exact) mass is 399 g/mol. The number of nitrogens with zero attached hydrogens (tertiary/aromatic N) is 2. The number of likely N-dealkylation sites (tertiary alicyclic amines) is 1. The number of hydrogen-bond donors (Lipinski definition) is 3. The lowest BCUT2D eigenvalue weighted by Crippen LogP contribution is -2.56. The molecule has 1 unspecified atom stereocenters. The largest absolute Gasteiger partial charge is 0.355 e. The molecule has 0 aromatic heterocycles. The number of nitrogens with one attached hydrogen (secondary N) is 3. The second kappa shape index (κ2) is 8.05. The van der Waals surface area contributed by atoms with E-state index in [4.69, 9.17) is 0 Å². The van der Waals surface area contributed by atoms with Gasteiger partial charge in [0.2, 0.25) is 0 Å². The van der Waals surface area contributed by atoms with Gasteiger partial charge >= 0.3 is 6.03 Å². The summed E-state index contributed by atoms with van der Waals surface area (Å²) in [5.41, 5.74) is 1.78. The van der Waals surface area contributed by atoms with Crippen LogP contribution in [0.5, 0.6) is 0 Å². The van der Waals surface area contributed by atoms with Crippen LogP contribution in [0.1, 0.15) is 44.7 Å². The van der Waals surface area contributed by atoms with Crippen LogP contribution in [0.25, 0.3) is 0 Å². The number of piperidine rings is 1. The van der Waals surface area contributed by atoms with Crippen LogP contribution in [-0.4, -0.2) is 55.0 Å². The molecule has 0 radical (unpaired) electrons. The summed E-state index contributed by atoms with van der Waals surface area (Å²) in [6.07, 6.45) is 1.65. The van der Waals surface area contributed by atoms with Crippen LogP contribution < -0.4 is 16.0 Å². The van der Waals surface area contributed by atoms with Crippen LogP contribution in [0.3, 0.4) is 0 Å².